The Labute approximate surface area is 201 Å². The van der Waals surface area contributed by atoms with E-state index in [0.717, 1.165) is 29.7 Å². The molecule has 0 aliphatic heterocycles. The molecule has 1 aliphatic rings. The quantitative estimate of drug-likeness (QED) is 0.398. The van der Waals surface area contributed by atoms with Gasteiger partial charge in [-0.15, -0.1) is 11.3 Å². The zero-order chi connectivity index (χ0) is 23.5. The van der Waals surface area contributed by atoms with Gasteiger partial charge in [0.1, 0.15) is 0 Å². The van der Waals surface area contributed by atoms with Crippen molar-refractivity contribution in [1.82, 2.24) is 5.32 Å². The van der Waals surface area contributed by atoms with Gasteiger partial charge in [-0.2, -0.15) is 0 Å². The smallest absolute Gasteiger partial charge is 0.262 e. The maximum absolute atomic E-state index is 12.9. The van der Waals surface area contributed by atoms with Crippen molar-refractivity contribution in [1.29, 1.82) is 0 Å². The summed E-state index contributed by atoms with van der Waals surface area (Å²) in [5, 5.41) is 9.67. The van der Waals surface area contributed by atoms with Crippen LogP contribution in [-0.2, 0) is 4.79 Å². The van der Waals surface area contributed by atoms with Gasteiger partial charge >= 0.3 is 0 Å². The summed E-state index contributed by atoms with van der Waals surface area (Å²) in [6.07, 6.45) is 1.92. The summed E-state index contributed by atoms with van der Waals surface area (Å²) in [7, 11) is 0. The van der Waals surface area contributed by atoms with E-state index in [1.807, 2.05) is 38.1 Å². The molecule has 1 aromatic heterocycles. The minimum Gasteiger partial charge on any atom is -0.345 e. The lowest BCUT2D eigenvalue weighted by atomic mass is 10.1. The van der Waals surface area contributed by atoms with Gasteiger partial charge in [-0.25, -0.2) is 0 Å². The van der Waals surface area contributed by atoms with Crippen LogP contribution in [0.25, 0.3) is 0 Å². The number of carbonyl (C=O) groups is 3. The summed E-state index contributed by atoms with van der Waals surface area (Å²) >= 11 is 7.31. The Kier molecular flexibility index (Phi) is 6.81. The molecule has 1 saturated carbocycles. The molecule has 1 aliphatic carbocycles. The molecule has 4 rings (SSSR count). The molecule has 0 radical (unpaired) electrons. The lowest BCUT2D eigenvalue weighted by molar-refractivity contribution is -0.117. The van der Waals surface area contributed by atoms with Gasteiger partial charge < -0.3 is 16.0 Å². The Morgan fingerprint density at radius 3 is 2.36 bits per heavy atom. The first kappa shape index (κ1) is 23.0. The minimum absolute atomic E-state index is 0.0645. The average molecular weight is 482 g/mol. The standard InChI is InChI=1S/C25H24ClN3O3S/c1-14-13-21(29-24(31)19-5-3-4-6-20(19)26)33-22(14)25(32)27-15(2)16-9-11-18(12-10-16)28-23(30)17-7-8-17/h3-6,9-13,15,17H,7-8H2,1-2H3,(H,27,32)(H,28,30)(H,29,31). The van der Waals surface area contributed by atoms with Crippen LogP contribution in [-0.4, -0.2) is 17.7 Å². The Balaban J connectivity index is 1.38. The number of halogens is 1. The number of benzene rings is 2. The fourth-order valence-corrected chi connectivity index (χ4v) is 4.58. The van der Waals surface area contributed by atoms with Gasteiger partial charge in [-0.3, -0.25) is 14.4 Å². The number of aryl methyl sites for hydroxylation is 1. The number of hydrogen-bond acceptors (Lipinski definition) is 4. The van der Waals surface area contributed by atoms with E-state index in [9.17, 15) is 14.4 Å². The number of nitrogens with one attached hydrogen (secondary N) is 3. The predicted molar refractivity (Wildman–Crippen MR) is 132 cm³/mol. The predicted octanol–water partition coefficient (Wildman–Crippen LogP) is 5.80. The van der Waals surface area contributed by atoms with E-state index < -0.39 is 0 Å². The van der Waals surface area contributed by atoms with Crippen molar-refractivity contribution in [2.24, 2.45) is 5.92 Å². The molecule has 1 heterocycles. The molecular weight excluding hydrogens is 458 g/mol. The van der Waals surface area contributed by atoms with Crippen LogP contribution in [0.4, 0.5) is 10.7 Å². The van der Waals surface area contributed by atoms with E-state index in [1.54, 1.807) is 30.3 Å². The van der Waals surface area contributed by atoms with E-state index in [0.29, 0.717) is 20.5 Å². The molecule has 3 amide bonds. The molecule has 6 nitrogen and oxygen atoms in total. The SMILES string of the molecule is Cc1cc(NC(=O)c2ccccc2Cl)sc1C(=O)NC(C)c1ccc(NC(=O)C2CC2)cc1. The van der Waals surface area contributed by atoms with Crippen LogP contribution in [0.5, 0.6) is 0 Å². The molecular formula is C25H24ClN3O3S. The fourth-order valence-electron chi connectivity index (χ4n) is 3.38. The Morgan fingerprint density at radius 2 is 1.70 bits per heavy atom. The second kappa shape index (κ2) is 9.77. The highest BCUT2D eigenvalue weighted by atomic mass is 35.5. The zero-order valence-corrected chi connectivity index (χ0v) is 19.8. The highest BCUT2D eigenvalue weighted by molar-refractivity contribution is 7.18. The first-order valence-electron chi connectivity index (χ1n) is 10.7. The first-order valence-corrected chi connectivity index (χ1v) is 11.9. The summed E-state index contributed by atoms with van der Waals surface area (Å²) in [6.45, 7) is 3.73. The van der Waals surface area contributed by atoms with Gasteiger partial charge in [-0.05, 0) is 68.1 Å². The van der Waals surface area contributed by atoms with Crippen LogP contribution in [0.1, 0.15) is 57.0 Å². The van der Waals surface area contributed by atoms with E-state index >= 15 is 0 Å². The summed E-state index contributed by atoms with van der Waals surface area (Å²) in [6, 6.07) is 15.8. The van der Waals surface area contributed by atoms with E-state index in [-0.39, 0.29) is 29.7 Å². The monoisotopic (exact) mass is 481 g/mol. The van der Waals surface area contributed by atoms with Gasteiger partial charge in [0.05, 0.1) is 26.5 Å². The van der Waals surface area contributed by atoms with Gasteiger partial charge in [0.15, 0.2) is 0 Å². The second-order valence-electron chi connectivity index (χ2n) is 8.14. The van der Waals surface area contributed by atoms with Crippen molar-refractivity contribution in [3.8, 4) is 0 Å². The first-order chi connectivity index (χ1) is 15.8. The van der Waals surface area contributed by atoms with Crippen LogP contribution < -0.4 is 16.0 Å². The number of rotatable bonds is 7. The van der Waals surface area contributed by atoms with Crippen LogP contribution in [0.3, 0.4) is 0 Å². The third-order valence-electron chi connectivity index (χ3n) is 5.45. The number of thiophene rings is 1. The van der Waals surface area contributed by atoms with E-state index in [4.69, 9.17) is 11.6 Å². The maximum atomic E-state index is 12.9. The van der Waals surface area contributed by atoms with Crippen molar-refractivity contribution in [3.05, 3.63) is 81.2 Å². The topological polar surface area (TPSA) is 87.3 Å². The lowest BCUT2D eigenvalue weighted by Gasteiger charge is -2.15. The van der Waals surface area contributed by atoms with Crippen LogP contribution in [0, 0.1) is 12.8 Å². The normalized spacial score (nSPS) is 13.8. The lowest BCUT2D eigenvalue weighted by Crippen LogP contribution is -2.26. The highest BCUT2D eigenvalue weighted by Crippen LogP contribution is 2.31. The van der Waals surface area contributed by atoms with Crippen molar-refractivity contribution in [2.75, 3.05) is 10.6 Å². The van der Waals surface area contributed by atoms with Crippen LogP contribution in [0.2, 0.25) is 5.02 Å². The molecule has 33 heavy (non-hydrogen) atoms. The van der Waals surface area contributed by atoms with E-state index in [2.05, 4.69) is 16.0 Å². The van der Waals surface area contributed by atoms with Crippen molar-refractivity contribution < 1.29 is 14.4 Å². The fraction of sp³-hybridized carbons (Fsp3) is 0.240. The average Bonchev–Trinajstić information content (AvgIpc) is 3.57. The Morgan fingerprint density at radius 1 is 1.00 bits per heavy atom. The third kappa shape index (κ3) is 5.61. The molecule has 8 heteroatoms. The number of anilines is 2. The molecule has 3 aromatic rings. The van der Waals surface area contributed by atoms with Crippen molar-refractivity contribution >= 4 is 51.3 Å². The molecule has 2 aromatic carbocycles. The molecule has 0 spiro atoms. The van der Waals surface area contributed by atoms with Crippen LogP contribution >= 0.6 is 22.9 Å². The van der Waals surface area contributed by atoms with Gasteiger partial charge in [0, 0.05) is 11.6 Å². The molecule has 0 saturated heterocycles. The maximum Gasteiger partial charge on any atom is 0.262 e. The summed E-state index contributed by atoms with van der Waals surface area (Å²) in [5.74, 6) is -0.323. The molecule has 1 fully saturated rings. The third-order valence-corrected chi connectivity index (χ3v) is 6.93. The summed E-state index contributed by atoms with van der Waals surface area (Å²) in [4.78, 5) is 37.8. The minimum atomic E-state index is -0.323. The Bertz CT molecular complexity index is 1200. The highest BCUT2D eigenvalue weighted by Gasteiger charge is 2.29. The number of hydrogen-bond donors (Lipinski definition) is 3. The van der Waals surface area contributed by atoms with E-state index in [1.165, 1.54) is 11.3 Å². The molecule has 170 valence electrons. The number of amides is 3. The number of carbonyl (C=O) groups excluding carboxylic acids is 3. The van der Waals surface area contributed by atoms with Crippen molar-refractivity contribution in [2.45, 2.75) is 32.7 Å². The molecule has 0 bridgehead atoms. The zero-order valence-electron chi connectivity index (χ0n) is 18.3. The molecule has 1 unspecified atom stereocenters. The molecule has 1 atom stereocenters. The summed E-state index contributed by atoms with van der Waals surface area (Å²) < 4.78 is 0. The van der Waals surface area contributed by atoms with Crippen molar-refractivity contribution in [3.63, 3.8) is 0 Å². The Hall–Kier alpha value is -3.16. The summed E-state index contributed by atoms with van der Waals surface area (Å²) in [5.41, 5.74) is 2.83. The van der Waals surface area contributed by atoms with Crippen LogP contribution in [0.15, 0.2) is 54.6 Å². The molecule has 3 N–H and O–H groups in total. The second-order valence-corrected chi connectivity index (χ2v) is 9.60. The van der Waals surface area contributed by atoms with Gasteiger partial charge in [0.2, 0.25) is 5.91 Å². The largest absolute Gasteiger partial charge is 0.345 e. The van der Waals surface area contributed by atoms with Gasteiger partial charge in [-0.1, -0.05) is 35.9 Å². The van der Waals surface area contributed by atoms with Gasteiger partial charge in [0.25, 0.3) is 11.8 Å².